The SMILES string of the molecule is C[C@@H]1CCc2c(sc3c2C(=O)N[C@@H](c2cccc(OC(=O)c4ccc([N+](=O)[O-])cc4)c2)N3)C1. The maximum Gasteiger partial charge on any atom is 0.343 e. The lowest BCUT2D eigenvalue weighted by atomic mass is 9.88. The maximum absolute atomic E-state index is 12.9. The van der Waals surface area contributed by atoms with Crippen LogP contribution in [0.4, 0.5) is 10.7 Å². The average Bonchev–Trinajstić information content (AvgIpc) is 3.17. The minimum atomic E-state index is -0.620. The summed E-state index contributed by atoms with van der Waals surface area (Å²) in [5.74, 6) is 0.231. The second-order valence-corrected chi connectivity index (χ2v) is 9.48. The van der Waals surface area contributed by atoms with E-state index in [0.29, 0.717) is 11.7 Å². The number of amides is 1. The number of rotatable bonds is 4. The van der Waals surface area contributed by atoms with Gasteiger partial charge in [-0.05, 0) is 60.6 Å². The van der Waals surface area contributed by atoms with Crippen LogP contribution >= 0.6 is 11.3 Å². The molecule has 2 aromatic carbocycles. The van der Waals surface area contributed by atoms with Gasteiger partial charge < -0.3 is 15.4 Å². The lowest BCUT2D eigenvalue weighted by Crippen LogP contribution is -2.38. The molecule has 0 saturated carbocycles. The molecule has 8 nitrogen and oxygen atoms in total. The highest BCUT2D eigenvalue weighted by atomic mass is 32.1. The number of fused-ring (bicyclic) bond motifs is 3. The number of carbonyl (C=O) groups is 2. The predicted octanol–water partition coefficient (Wildman–Crippen LogP) is 4.85. The Hall–Kier alpha value is -3.72. The van der Waals surface area contributed by atoms with E-state index in [1.54, 1.807) is 29.5 Å². The molecule has 168 valence electrons. The zero-order valence-corrected chi connectivity index (χ0v) is 18.6. The first-order valence-corrected chi connectivity index (χ1v) is 11.5. The number of ether oxygens (including phenoxy) is 1. The Labute approximate surface area is 193 Å². The molecule has 0 unspecified atom stereocenters. The molecule has 1 aliphatic carbocycles. The van der Waals surface area contributed by atoms with Crippen molar-refractivity contribution in [1.82, 2.24) is 5.32 Å². The molecule has 0 bridgehead atoms. The minimum absolute atomic E-state index is 0.0888. The van der Waals surface area contributed by atoms with Crippen molar-refractivity contribution in [1.29, 1.82) is 0 Å². The number of nitro groups is 1. The molecule has 3 aromatic rings. The Bertz CT molecular complexity index is 1270. The van der Waals surface area contributed by atoms with Gasteiger partial charge in [0.25, 0.3) is 11.6 Å². The first kappa shape index (κ1) is 21.1. The molecular weight excluding hydrogens is 442 g/mol. The molecule has 2 heterocycles. The van der Waals surface area contributed by atoms with Crippen molar-refractivity contribution in [3.63, 3.8) is 0 Å². The third kappa shape index (κ3) is 4.07. The van der Waals surface area contributed by atoms with Gasteiger partial charge in [-0.25, -0.2) is 4.79 Å². The van der Waals surface area contributed by atoms with Crippen molar-refractivity contribution in [3.8, 4) is 5.75 Å². The van der Waals surface area contributed by atoms with Crippen molar-refractivity contribution < 1.29 is 19.2 Å². The number of benzene rings is 2. The van der Waals surface area contributed by atoms with Crippen molar-refractivity contribution >= 4 is 33.9 Å². The standard InChI is InChI=1S/C24H21N3O5S/c1-13-5-10-18-19(11-13)33-23-20(18)22(28)25-21(26-23)15-3-2-4-17(12-15)32-24(29)14-6-8-16(9-7-14)27(30)31/h2-4,6-9,12-13,21,26H,5,10-11H2,1H3,(H,25,28)/t13-,21-/m1/s1. The molecule has 5 rings (SSSR count). The van der Waals surface area contributed by atoms with E-state index in [-0.39, 0.29) is 17.2 Å². The largest absolute Gasteiger partial charge is 0.423 e. The van der Waals surface area contributed by atoms with Crippen molar-refractivity contribution in [3.05, 3.63) is 85.8 Å². The normalized spacial score (nSPS) is 19.0. The quantitative estimate of drug-likeness (QED) is 0.248. The van der Waals surface area contributed by atoms with Gasteiger partial charge in [-0.3, -0.25) is 14.9 Å². The molecule has 2 N–H and O–H groups in total. The Kier molecular flexibility index (Phi) is 5.33. The van der Waals surface area contributed by atoms with Gasteiger partial charge in [-0.1, -0.05) is 19.1 Å². The van der Waals surface area contributed by atoms with Gasteiger partial charge in [0.2, 0.25) is 0 Å². The molecule has 33 heavy (non-hydrogen) atoms. The van der Waals surface area contributed by atoms with Gasteiger partial charge in [-0.15, -0.1) is 11.3 Å². The number of esters is 1. The van der Waals surface area contributed by atoms with Gasteiger partial charge in [0.1, 0.15) is 16.9 Å². The first-order chi connectivity index (χ1) is 15.9. The lowest BCUT2D eigenvalue weighted by Gasteiger charge is -2.27. The number of thiophene rings is 1. The summed E-state index contributed by atoms with van der Waals surface area (Å²) in [6.07, 6.45) is 2.58. The van der Waals surface area contributed by atoms with E-state index < -0.39 is 17.1 Å². The van der Waals surface area contributed by atoms with Crippen LogP contribution in [0.2, 0.25) is 0 Å². The molecule has 0 spiro atoms. The summed E-state index contributed by atoms with van der Waals surface area (Å²) >= 11 is 1.65. The smallest absolute Gasteiger partial charge is 0.343 e. The average molecular weight is 464 g/mol. The highest BCUT2D eigenvalue weighted by Gasteiger charge is 2.33. The first-order valence-electron chi connectivity index (χ1n) is 10.7. The Morgan fingerprint density at radius 1 is 1.18 bits per heavy atom. The van der Waals surface area contributed by atoms with Crippen LogP contribution in [-0.4, -0.2) is 16.8 Å². The summed E-state index contributed by atoms with van der Waals surface area (Å²) in [5.41, 5.74) is 2.79. The van der Waals surface area contributed by atoms with E-state index >= 15 is 0 Å². The molecule has 2 atom stereocenters. The minimum Gasteiger partial charge on any atom is -0.423 e. The Balaban J connectivity index is 1.34. The molecule has 2 aliphatic rings. The summed E-state index contributed by atoms with van der Waals surface area (Å²) in [6.45, 7) is 2.24. The second-order valence-electron chi connectivity index (χ2n) is 8.37. The molecular formula is C24H21N3O5S. The fourth-order valence-electron chi connectivity index (χ4n) is 4.27. The van der Waals surface area contributed by atoms with Gasteiger partial charge >= 0.3 is 5.97 Å². The number of non-ortho nitro benzene ring substituents is 1. The summed E-state index contributed by atoms with van der Waals surface area (Å²) in [7, 11) is 0. The molecule has 9 heteroatoms. The van der Waals surface area contributed by atoms with Crippen LogP contribution < -0.4 is 15.4 Å². The summed E-state index contributed by atoms with van der Waals surface area (Å²) in [4.78, 5) is 36.9. The number of nitro benzene ring substituents is 1. The number of carbonyl (C=O) groups excluding carboxylic acids is 2. The van der Waals surface area contributed by atoms with Crippen molar-refractivity contribution in [2.45, 2.75) is 32.4 Å². The fourth-order valence-corrected chi connectivity index (χ4v) is 5.71. The summed E-state index contributed by atoms with van der Waals surface area (Å²) in [5, 5.41) is 18.1. The maximum atomic E-state index is 12.9. The van der Waals surface area contributed by atoms with Crippen LogP contribution in [0.15, 0.2) is 48.5 Å². The van der Waals surface area contributed by atoms with Crippen LogP contribution in [0.25, 0.3) is 0 Å². The third-order valence-electron chi connectivity index (χ3n) is 6.01. The number of hydrogen-bond donors (Lipinski definition) is 2. The summed E-state index contributed by atoms with van der Waals surface area (Å²) < 4.78 is 5.46. The van der Waals surface area contributed by atoms with E-state index in [9.17, 15) is 19.7 Å². The number of nitrogens with one attached hydrogen (secondary N) is 2. The Morgan fingerprint density at radius 2 is 1.97 bits per heavy atom. The molecule has 1 aliphatic heterocycles. The van der Waals surface area contributed by atoms with E-state index in [4.69, 9.17) is 4.74 Å². The van der Waals surface area contributed by atoms with Crippen LogP contribution in [0.1, 0.15) is 56.2 Å². The zero-order chi connectivity index (χ0) is 23.1. The van der Waals surface area contributed by atoms with Crippen molar-refractivity contribution in [2.24, 2.45) is 5.92 Å². The predicted molar refractivity (Wildman–Crippen MR) is 124 cm³/mol. The van der Waals surface area contributed by atoms with Gasteiger partial charge in [-0.2, -0.15) is 0 Å². The fraction of sp³-hybridized carbons (Fsp3) is 0.250. The molecule has 0 fully saturated rings. The van der Waals surface area contributed by atoms with Gasteiger partial charge in [0.15, 0.2) is 0 Å². The van der Waals surface area contributed by atoms with Crippen LogP contribution in [0.5, 0.6) is 5.75 Å². The van der Waals surface area contributed by atoms with Gasteiger partial charge in [0, 0.05) is 17.0 Å². The number of nitrogens with zero attached hydrogens (tertiary/aromatic N) is 1. The highest BCUT2D eigenvalue weighted by molar-refractivity contribution is 7.16. The third-order valence-corrected chi connectivity index (χ3v) is 7.19. The van der Waals surface area contributed by atoms with Crippen molar-refractivity contribution in [2.75, 3.05) is 5.32 Å². The van der Waals surface area contributed by atoms with Crippen LogP contribution in [-0.2, 0) is 12.8 Å². The number of anilines is 1. The van der Waals surface area contributed by atoms with E-state index in [1.165, 1.54) is 34.7 Å². The Morgan fingerprint density at radius 3 is 2.73 bits per heavy atom. The molecule has 0 saturated heterocycles. The molecule has 1 aromatic heterocycles. The van der Waals surface area contributed by atoms with Crippen LogP contribution in [0.3, 0.4) is 0 Å². The van der Waals surface area contributed by atoms with E-state index in [2.05, 4.69) is 17.6 Å². The summed E-state index contributed by atoms with van der Waals surface area (Å²) in [6, 6.07) is 12.2. The second kappa shape index (κ2) is 8.32. The number of hydrogen-bond acceptors (Lipinski definition) is 7. The molecule has 1 amide bonds. The molecule has 0 radical (unpaired) electrons. The lowest BCUT2D eigenvalue weighted by molar-refractivity contribution is -0.384. The van der Waals surface area contributed by atoms with E-state index in [0.717, 1.165) is 35.4 Å². The topological polar surface area (TPSA) is 111 Å². The highest BCUT2D eigenvalue weighted by Crippen LogP contribution is 2.42. The monoisotopic (exact) mass is 463 g/mol. The van der Waals surface area contributed by atoms with Crippen LogP contribution in [0, 0.1) is 16.0 Å². The zero-order valence-electron chi connectivity index (χ0n) is 17.8. The van der Waals surface area contributed by atoms with E-state index in [1.807, 2.05) is 6.07 Å². The van der Waals surface area contributed by atoms with Gasteiger partial charge in [0.05, 0.1) is 16.1 Å².